The van der Waals surface area contributed by atoms with E-state index in [1.54, 1.807) is 0 Å². The van der Waals surface area contributed by atoms with E-state index in [2.05, 4.69) is 4.90 Å². The lowest BCUT2D eigenvalue weighted by molar-refractivity contribution is 0.0132. The molecular formula is C19H26N2O3. The van der Waals surface area contributed by atoms with Gasteiger partial charge >= 0.3 is 0 Å². The predicted octanol–water partition coefficient (Wildman–Crippen LogP) is 2.60. The van der Waals surface area contributed by atoms with Crippen LogP contribution in [0.1, 0.15) is 31.3 Å². The average Bonchev–Trinajstić information content (AvgIpc) is 2.98. The number of β-amino-alcohol motifs (C(OH)–C–C–N with tert-alkyl or cyclic N) is 1. The number of rotatable bonds is 3. The molecule has 1 aliphatic heterocycles. The van der Waals surface area contributed by atoms with Crippen molar-refractivity contribution in [3.63, 3.8) is 0 Å². The highest BCUT2D eigenvalue weighted by Gasteiger charge is 2.28. The van der Waals surface area contributed by atoms with Gasteiger partial charge in [-0.3, -0.25) is 9.69 Å². The van der Waals surface area contributed by atoms with Gasteiger partial charge in [-0.1, -0.05) is 39.0 Å². The lowest BCUT2D eigenvalue weighted by atomic mass is 9.89. The van der Waals surface area contributed by atoms with Gasteiger partial charge in [0, 0.05) is 38.1 Å². The van der Waals surface area contributed by atoms with Crippen molar-refractivity contribution < 1.29 is 14.3 Å². The highest BCUT2D eigenvalue weighted by atomic mass is 16.3. The number of amides is 1. The third-order valence-corrected chi connectivity index (χ3v) is 4.73. The first-order chi connectivity index (χ1) is 11.3. The van der Waals surface area contributed by atoms with Crippen LogP contribution in [0.4, 0.5) is 0 Å². The molecule has 1 fully saturated rings. The summed E-state index contributed by atoms with van der Waals surface area (Å²) in [6.45, 7) is 9.64. The fraction of sp³-hybridized carbons (Fsp3) is 0.526. The first kappa shape index (κ1) is 17.0. The summed E-state index contributed by atoms with van der Waals surface area (Å²) in [4.78, 5) is 16.7. The fourth-order valence-electron chi connectivity index (χ4n) is 2.90. The number of aliphatic hydroxyl groups is 1. The standard InChI is InChI=1S/C19H26N2O3/c1-19(2,3)17(22)13-20-8-10-21(11-9-20)18(23)16-12-14-6-4-5-7-15(14)24-16/h4-7,12,17,22H,8-11,13H2,1-3H3. The summed E-state index contributed by atoms with van der Waals surface area (Å²) in [7, 11) is 0. The van der Waals surface area contributed by atoms with E-state index < -0.39 is 0 Å². The van der Waals surface area contributed by atoms with Crippen molar-refractivity contribution in [1.29, 1.82) is 0 Å². The Hall–Kier alpha value is -1.85. The van der Waals surface area contributed by atoms with Crippen LogP contribution in [0.2, 0.25) is 0 Å². The zero-order valence-electron chi connectivity index (χ0n) is 14.7. The Morgan fingerprint density at radius 2 is 1.88 bits per heavy atom. The Morgan fingerprint density at radius 1 is 1.21 bits per heavy atom. The number of nitrogens with zero attached hydrogens (tertiary/aromatic N) is 2. The lowest BCUT2D eigenvalue weighted by Gasteiger charge is -2.37. The van der Waals surface area contributed by atoms with Crippen LogP contribution in [0.3, 0.4) is 0 Å². The Labute approximate surface area is 142 Å². The molecule has 2 heterocycles. The van der Waals surface area contributed by atoms with E-state index >= 15 is 0 Å². The van der Waals surface area contributed by atoms with Gasteiger partial charge in [-0.25, -0.2) is 0 Å². The van der Waals surface area contributed by atoms with Gasteiger partial charge in [0.25, 0.3) is 5.91 Å². The zero-order chi connectivity index (χ0) is 17.3. The fourth-order valence-corrected chi connectivity index (χ4v) is 2.90. The van der Waals surface area contributed by atoms with Crippen LogP contribution >= 0.6 is 0 Å². The minimum atomic E-state index is -0.366. The number of hydrogen-bond acceptors (Lipinski definition) is 4. The van der Waals surface area contributed by atoms with Crippen LogP contribution in [0.15, 0.2) is 34.7 Å². The summed E-state index contributed by atoms with van der Waals surface area (Å²) in [5, 5.41) is 11.2. The number of carbonyl (C=O) groups is 1. The summed E-state index contributed by atoms with van der Waals surface area (Å²) >= 11 is 0. The predicted molar refractivity (Wildman–Crippen MR) is 94.0 cm³/mol. The molecule has 3 rings (SSSR count). The molecule has 1 unspecified atom stereocenters. The monoisotopic (exact) mass is 330 g/mol. The van der Waals surface area contributed by atoms with E-state index in [1.807, 2.05) is 56.0 Å². The smallest absolute Gasteiger partial charge is 0.289 e. The first-order valence-corrected chi connectivity index (χ1v) is 8.53. The maximum atomic E-state index is 12.6. The zero-order valence-corrected chi connectivity index (χ0v) is 14.7. The minimum absolute atomic E-state index is 0.0535. The number of furan rings is 1. The van der Waals surface area contributed by atoms with Gasteiger partial charge in [0.2, 0.25) is 0 Å². The molecule has 24 heavy (non-hydrogen) atoms. The van der Waals surface area contributed by atoms with Gasteiger partial charge in [-0.2, -0.15) is 0 Å². The van der Waals surface area contributed by atoms with Crippen molar-refractivity contribution in [1.82, 2.24) is 9.80 Å². The Morgan fingerprint density at radius 3 is 2.50 bits per heavy atom. The van der Waals surface area contributed by atoms with E-state index in [0.717, 1.165) is 24.1 Å². The van der Waals surface area contributed by atoms with Gasteiger partial charge in [0.05, 0.1) is 6.10 Å². The van der Waals surface area contributed by atoms with E-state index in [1.165, 1.54) is 0 Å². The van der Waals surface area contributed by atoms with Crippen molar-refractivity contribution in [2.45, 2.75) is 26.9 Å². The summed E-state index contributed by atoms with van der Waals surface area (Å²) in [5.41, 5.74) is 0.620. The molecule has 1 atom stereocenters. The second kappa shape index (κ2) is 6.57. The van der Waals surface area contributed by atoms with Gasteiger partial charge in [0.15, 0.2) is 5.76 Å². The van der Waals surface area contributed by atoms with Gasteiger partial charge in [0.1, 0.15) is 5.58 Å². The minimum Gasteiger partial charge on any atom is -0.451 e. The van der Waals surface area contributed by atoms with E-state index in [0.29, 0.717) is 25.4 Å². The molecule has 1 aromatic carbocycles. The van der Waals surface area contributed by atoms with Crippen LogP contribution in [0.25, 0.3) is 11.0 Å². The normalized spacial score (nSPS) is 18.1. The quantitative estimate of drug-likeness (QED) is 0.940. The molecule has 1 aliphatic rings. The Balaban J connectivity index is 1.59. The van der Waals surface area contributed by atoms with Crippen LogP contribution in [-0.4, -0.2) is 59.6 Å². The lowest BCUT2D eigenvalue weighted by Crippen LogP contribution is -2.51. The van der Waals surface area contributed by atoms with Crippen LogP contribution in [0, 0.1) is 5.41 Å². The van der Waals surface area contributed by atoms with E-state index in [4.69, 9.17) is 4.42 Å². The van der Waals surface area contributed by atoms with Crippen LogP contribution < -0.4 is 0 Å². The SMILES string of the molecule is CC(C)(C)C(O)CN1CCN(C(=O)c2cc3ccccc3o2)CC1. The third kappa shape index (κ3) is 3.62. The van der Waals surface area contributed by atoms with E-state index in [9.17, 15) is 9.90 Å². The van der Waals surface area contributed by atoms with Gasteiger partial charge < -0.3 is 14.4 Å². The maximum Gasteiger partial charge on any atom is 0.289 e. The van der Waals surface area contributed by atoms with Crippen molar-refractivity contribution in [2.75, 3.05) is 32.7 Å². The molecule has 5 nitrogen and oxygen atoms in total. The van der Waals surface area contributed by atoms with Gasteiger partial charge in [-0.05, 0) is 17.5 Å². The number of aliphatic hydroxyl groups excluding tert-OH is 1. The van der Waals surface area contributed by atoms with Crippen LogP contribution in [0.5, 0.6) is 0 Å². The molecule has 1 amide bonds. The molecule has 0 spiro atoms. The first-order valence-electron chi connectivity index (χ1n) is 8.53. The number of benzene rings is 1. The van der Waals surface area contributed by atoms with Gasteiger partial charge in [-0.15, -0.1) is 0 Å². The van der Waals surface area contributed by atoms with Crippen molar-refractivity contribution >= 4 is 16.9 Å². The highest BCUT2D eigenvalue weighted by Crippen LogP contribution is 2.22. The molecule has 1 aromatic heterocycles. The topological polar surface area (TPSA) is 56.9 Å². The van der Waals surface area contributed by atoms with Crippen molar-refractivity contribution in [2.24, 2.45) is 5.41 Å². The third-order valence-electron chi connectivity index (χ3n) is 4.73. The molecule has 2 aromatic rings. The molecule has 1 saturated heterocycles. The molecule has 0 saturated carbocycles. The summed E-state index contributed by atoms with van der Waals surface area (Å²) in [5.74, 6) is 0.349. The number of fused-ring (bicyclic) bond motifs is 1. The molecule has 1 N–H and O–H groups in total. The van der Waals surface area contributed by atoms with Crippen molar-refractivity contribution in [3.05, 3.63) is 36.1 Å². The van der Waals surface area contributed by atoms with Crippen molar-refractivity contribution in [3.8, 4) is 0 Å². The molecule has 0 radical (unpaired) electrons. The second-order valence-electron chi connectivity index (χ2n) is 7.62. The summed E-state index contributed by atoms with van der Waals surface area (Å²) in [6.07, 6.45) is -0.366. The molecular weight excluding hydrogens is 304 g/mol. The molecule has 130 valence electrons. The molecule has 0 bridgehead atoms. The number of piperazine rings is 1. The molecule has 0 aliphatic carbocycles. The number of para-hydroxylation sites is 1. The second-order valence-corrected chi connectivity index (χ2v) is 7.62. The maximum absolute atomic E-state index is 12.6. The highest BCUT2D eigenvalue weighted by molar-refractivity contribution is 5.96. The molecule has 5 heteroatoms. The number of carbonyl (C=O) groups excluding carboxylic acids is 1. The Kier molecular flexibility index (Phi) is 4.65. The summed E-state index contributed by atoms with van der Waals surface area (Å²) < 4.78 is 5.67. The van der Waals surface area contributed by atoms with Crippen LogP contribution in [-0.2, 0) is 0 Å². The number of hydrogen-bond donors (Lipinski definition) is 1. The average molecular weight is 330 g/mol. The van der Waals surface area contributed by atoms with E-state index in [-0.39, 0.29) is 17.4 Å². The Bertz CT molecular complexity index is 676. The largest absolute Gasteiger partial charge is 0.451 e. The summed E-state index contributed by atoms with van der Waals surface area (Å²) in [6, 6.07) is 9.47.